The molecule has 0 amide bonds. The van der Waals surface area contributed by atoms with E-state index in [0.29, 0.717) is 12.5 Å². The topological polar surface area (TPSA) is 84.7 Å². The molecule has 0 aliphatic heterocycles. The number of aliphatic imine (C=N–C) groups is 1. The summed E-state index contributed by atoms with van der Waals surface area (Å²) in [6.07, 6.45) is 2.92. The van der Waals surface area contributed by atoms with Gasteiger partial charge in [0, 0.05) is 29.3 Å². The zero-order valence-electron chi connectivity index (χ0n) is 16.4. The molecule has 7 heteroatoms. The lowest BCUT2D eigenvalue weighted by Gasteiger charge is -2.11. The van der Waals surface area contributed by atoms with Crippen molar-refractivity contribution < 1.29 is 9.47 Å². The smallest absolute Gasteiger partial charge is 0.193 e. The molecule has 0 bridgehead atoms. The van der Waals surface area contributed by atoms with Gasteiger partial charge in [0.25, 0.3) is 0 Å². The molecule has 0 unspecified atom stereocenters. The van der Waals surface area contributed by atoms with Crippen LogP contribution < -0.4 is 20.5 Å². The number of H-pyrrole nitrogens is 1. The Morgan fingerprint density at radius 2 is 1.93 bits per heavy atom. The highest BCUT2D eigenvalue weighted by Crippen LogP contribution is 2.28. The van der Waals surface area contributed by atoms with Crippen molar-refractivity contribution in [3.63, 3.8) is 0 Å². The van der Waals surface area contributed by atoms with Gasteiger partial charge in [0.15, 0.2) is 5.96 Å². The molecule has 0 saturated carbocycles. The third kappa shape index (κ3) is 5.54. The molecule has 0 atom stereocenters. The van der Waals surface area contributed by atoms with E-state index in [4.69, 9.17) is 15.2 Å². The molecule has 0 radical (unpaired) electrons. The summed E-state index contributed by atoms with van der Waals surface area (Å²) < 4.78 is 11.1. The summed E-state index contributed by atoms with van der Waals surface area (Å²) in [5.74, 6) is 2.08. The van der Waals surface area contributed by atoms with Crippen LogP contribution >= 0.6 is 24.0 Å². The van der Waals surface area contributed by atoms with E-state index in [-0.39, 0.29) is 30.1 Å². The van der Waals surface area contributed by atoms with Crippen LogP contribution in [-0.2, 0) is 6.42 Å². The molecule has 0 spiro atoms. The number of aromatic amines is 1. The van der Waals surface area contributed by atoms with Crippen LogP contribution in [0.15, 0.2) is 53.7 Å². The Balaban J connectivity index is 0.00000280. The van der Waals surface area contributed by atoms with Crippen LogP contribution in [0.3, 0.4) is 0 Å². The first-order valence-corrected chi connectivity index (χ1v) is 9.03. The lowest BCUT2D eigenvalue weighted by Crippen LogP contribution is -2.23. The summed E-state index contributed by atoms with van der Waals surface area (Å²) in [7, 11) is 1.68. The van der Waals surface area contributed by atoms with Crippen molar-refractivity contribution >= 4 is 46.5 Å². The number of guanidine groups is 1. The summed E-state index contributed by atoms with van der Waals surface area (Å²) in [5.41, 5.74) is 9.10. The monoisotopic (exact) mass is 494 g/mol. The van der Waals surface area contributed by atoms with Gasteiger partial charge >= 0.3 is 0 Å². The molecule has 1 heterocycles. The average Bonchev–Trinajstić information content (AvgIpc) is 3.06. The molecule has 3 rings (SSSR count). The molecule has 0 fully saturated rings. The molecule has 1 aromatic heterocycles. The van der Waals surface area contributed by atoms with Gasteiger partial charge in [-0.3, -0.25) is 4.99 Å². The van der Waals surface area contributed by atoms with E-state index in [1.807, 2.05) is 62.5 Å². The molecule has 4 N–H and O–H groups in total. The Kier molecular flexibility index (Phi) is 7.98. The van der Waals surface area contributed by atoms with Crippen LogP contribution in [0.4, 0.5) is 5.69 Å². The van der Waals surface area contributed by atoms with E-state index in [9.17, 15) is 0 Å². The SMILES string of the molecule is COc1cccc2[nH]cc(CCN=C(N)Nc3ccc(OC(C)C)cc3)c12.I. The number of methoxy groups -OCH3 is 1. The Morgan fingerprint density at radius 1 is 1.18 bits per heavy atom. The molecular weight excluding hydrogens is 467 g/mol. The first-order valence-electron chi connectivity index (χ1n) is 9.03. The number of ether oxygens (including phenoxy) is 2. The second kappa shape index (κ2) is 10.2. The van der Waals surface area contributed by atoms with Crippen molar-refractivity contribution in [2.75, 3.05) is 19.0 Å². The van der Waals surface area contributed by atoms with Crippen LogP contribution in [0.25, 0.3) is 10.9 Å². The van der Waals surface area contributed by atoms with Gasteiger partial charge in [-0.15, -0.1) is 24.0 Å². The van der Waals surface area contributed by atoms with Gasteiger partial charge in [0.2, 0.25) is 0 Å². The van der Waals surface area contributed by atoms with Crippen molar-refractivity contribution in [2.24, 2.45) is 10.7 Å². The molecule has 2 aromatic carbocycles. The minimum atomic E-state index is 0. The standard InChI is InChI=1S/C21H26N4O2.HI/c1-14(2)27-17-9-7-16(8-10-17)25-21(22)23-12-11-15-13-24-18-5-4-6-19(26-3)20(15)18;/h4-10,13-14,24H,11-12H2,1-3H3,(H3,22,23,25);1H. The van der Waals surface area contributed by atoms with Gasteiger partial charge in [-0.1, -0.05) is 6.07 Å². The fourth-order valence-corrected chi connectivity index (χ4v) is 2.96. The molecule has 0 saturated heterocycles. The number of nitrogens with two attached hydrogens (primary N) is 1. The zero-order chi connectivity index (χ0) is 19.2. The molecule has 3 aromatic rings. The fourth-order valence-electron chi connectivity index (χ4n) is 2.96. The lowest BCUT2D eigenvalue weighted by molar-refractivity contribution is 0.242. The minimum Gasteiger partial charge on any atom is -0.496 e. The van der Waals surface area contributed by atoms with E-state index in [1.54, 1.807) is 7.11 Å². The number of anilines is 1. The zero-order valence-corrected chi connectivity index (χ0v) is 18.7. The number of nitrogens with zero attached hydrogens (tertiary/aromatic N) is 1. The Morgan fingerprint density at radius 3 is 2.61 bits per heavy atom. The summed E-state index contributed by atoms with van der Waals surface area (Å²) in [6.45, 7) is 4.58. The van der Waals surface area contributed by atoms with Crippen molar-refractivity contribution in [2.45, 2.75) is 26.4 Å². The maximum absolute atomic E-state index is 6.01. The largest absolute Gasteiger partial charge is 0.496 e. The number of fused-ring (bicyclic) bond motifs is 1. The molecular formula is C21H27IN4O2. The first-order chi connectivity index (χ1) is 13.1. The van der Waals surface area contributed by atoms with Crippen LogP contribution in [0.2, 0.25) is 0 Å². The summed E-state index contributed by atoms with van der Waals surface area (Å²) in [5, 5.41) is 4.20. The van der Waals surface area contributed by atoms with Crippen LogP contribution in [0.5, 0.6) is 11.5 Å². The molecule has 6 nitrogen and oxygen atoms in total. The highest BCUT2D eigenvalue weighted by atomic mass is 127. The van der Waals surface area contributed by atoms with Crippen molar-refractivity contribution in [3.05, 3.63) is 54.2 Å². The van der Waals surface area contributed by atoms with Crippen molar-refractivity contribution in [1.29, 1.82) is 0 Å². The quantitative estimate of drug-likeness (QED) is 0.256. The van der Waals surface area contributed by atoms with Gasteiger partial charge in [0.1, 0.15) is 11.5 Å². The normalized spacial score (nSPS) is 11.4. The number of rotatable bonds is 7. The average molecular weight is 494 g/mol. The Bertz CT molecular complexity index is 920. The van der Waals surface area contributed by atoms with E-state index in [2.05, 4.69) is 15.3 Å². The van der Waals surface area contributed by atoms with E-state index in [0.717, 1.165) is 40.1 Å². The molecule has 0 aliphatic rings. The van der Waals surface area contributed by atoms with Crippen molar-refractivity contribution in [1.82, 2.24) is 4.98 Å². The van der Waals surface area contributed by atoms with Crippen LogP contribution in [-0.4, -0.2) is 30.7 Å². The van der Waals surface area contributed by atoms with Gasteiger partial charge in [0.05, 0.1) is 13.2 Å². The predicted molar refractivity (Wildman–Crippen MR) is 126 cm³/mol. The van der Waals surface area contributed by atoms with Crippen LogP contribution in [0, 0.1) is 0 Å². The van der Waals surface area contributed by atoms with Gasteiger partial charge in [-0.2, -0.15) is 0 Å². The van der Waals surface area contributed by atoms with E-state index in [1.165, 1.54) is 0 Å². The molecule has 150 valence electrons. The Hall–Kier alpha value is -2.42. The highest BCUT2D eigenvalue weighted by Gasteiger charge is 2.08. The second-order valence-corrected chi connectivity index (χ2v) is 6.53. The van der Waals surface area contributed by atoms with Crippen molar-refractivity contribution in [3.8, 4) is 11.5 Å². The number of nitrogens with one attached hydrogen (secondary N) is 2. The fraction of sp³-hybridized carbons (Fsp3) is 0.286. The Labute approximate surface area is 182 Å². The summed E-state index contributed by atoms with van der Waals surface area (Å²) >= 11 is 0. The first kappa shape index (κ1) is 21.9. The number of halogens is 1. The predicted octanol–water partition coefficient (Wildman–Crippen LogP) is 4.55. The number of aromatic nitrogens is 1. The maximum Gasteiger partial charge on any atom is 0.193 e. The van der Waals surface area contributed by atoms with Gasteiger partial charge in [-0.05, 0) is 62.2 Å². The number of hydrogen-bond acceptors (Lipinski definition) is 3. The highest BCUT2D eigenvalue weighted by molar-refractivity contribution is 14.0. The lowest BCUT2D eigenvalue weighted by atomic mass is 10.1. The summed E-state index contributed by atoms with van der Waals surface area (Å²) in [4.78, 5) is 7.70. The third-order valence-electron chi connectivity index (χ3n) is 4.13. The number of benzene rings is 2. The van der Waals surface area contributed by atoms with E-state index < -0.39 is 0 Å². The van der Waals surface area contributed by atoms with Gasteiger partial charge in [-0.25, -0.2) is 0 Å². The molecule has 28 heavy (non-hydrogen) atoms. The van der Waals surface area contributed by atoms with Crippen LogP contribution in [0.1, 0.15) is 19.4 Å². The number of hydrogen-bond donors (Lipinski definition) is 3. The minimum absolute atomic E-state index is 0. The maximum atomic E-state index is 6.01. The molecule has 0 aliphatic carbocycles. The van der Waals surface area contributed by atoms with E-state index >= 15 is 0 Å². The van der Waals surface area contributed by atoms with Gasteiger partial charge < -0.3 is 25.5 Å². The summed E-state index contributed by atoms with van der Waals surface area (Å²) in [6, 6.07) is 13.6. The second-order valence-electron chi connectivity index (χ2n) is 6.53. The third-order valence-corrected chi connectivity index (χ3v) is 4.13.